The monoisotopic (exact) mass is 222 g/mol. The lowest BCUT2D eigenvalue weighted by Crippen LogP contribution is -1.98. The Hall–Kier alpha value is -2.09. The van der Waals surface area contributed by atoms with Gasteiger partial charge in [-0.1, -0.05) is 23.8 Å². The summed E-state index contributed by atoms with van der Waals surface area (Å²) in [6, 6.07) is 14.5. The summed E-state index contributed by atoms with van der Waals surface area (Å²) in [6.45, 7) is 4.16. The Morgan fingerprint density at radius 1 is 0.941 bits per heavy atom. The zero-order valence-electron chi connectivity index (χ0n) is 9.99. The summed E-state index contributed by atoms with van der Waals surface area (Å²) < 4.78 is 0. The normalized spacial score (nSPS) is 12.9. The lowest BCUT2D eigenvalue weighted by atomic mass is 10.1. The molecule has 0 atom stereocenters. The van der Waals surface area contributed by atoms with E-state index in [0.29, 0.717) is 0 Å². The number of para-hydroxylation sites is 2. The maximum atomic E-state index is 4.68. The van der Waals surface area contributed by atoms with Crippen molar-refractivity contribution in [1.82, 2.24) is 0 Å². The molecule has 17 heavy (non-hydrogen) atoms. The summed E-state index contributed by atoms with van der Waals surface area (Å²) in [6.07, 6.45) is 0. The quantitative estimate of drug-likeness (QED) is 0.710. The first-order chi connectivity index (χ1) is 8.24. The van der Waals surface area contributed by atoms with E-state index in [1.165, 1.54) is 11.1 Å². The molecule has 2 aromatic rings. The van der Waals surface area contributed by atoms with Gasteiger partial charge in [-0.2, -0.15) is 0 Å². The third kappa shape index (κ3) is 1.72. The van der Waals surface area contributed by atoms with E-state index in [-0.39, 0.29) is 0 Å². The van der Waals surface area contributed by atoms with Crippen molar-refractivity contribution in [3.8, 4) is 0 Å². The number of hydrogen-bond acceptors (Lipinski definition) is 2. The molecule has 84 valence electrons. The largest absolute Gasteiger partial charge is 0.353 e. The molecule has 0 aromatic heterocycles. The van der Waals surface area contributed by atoms with Crippen molar-refractivity contribution in [2.24, 2.45) is 4.99 Å². The van der Waals surface area contributed by atoms with Crippen LogP contribution in [0.2, 0.25) is 0 Å². The van der Waals surface area contributed by atoms with Gasteiger partial charge in [0.1, 0.15) is 0 Å². The zero-order valence-corrected chi connectivity index (χ0v) is 9.99. The maximum absolute atomic E-state index is 4.68. The van der Waals surface area contributed by atoms with E-state index in [1.54, 1.807) is 0 Å². The van der Waals surface area contributed by atoms with Gasteiger partial charge in [-0.15, -0.1) is 0 Å². The Labute approximate surface area is 101 Å². The van der Waals surface area contributed by atoms with Gasteiger partial charge < -0.3 is 5.32 Å². The molecular weight excluding hydrogens is 208 g/mol. The molecule has 0 unspecified atom stereocenters. The summed E-state index contributed by atoms with van der Waals surface area (Å²) in [5, 5.41) is 3.45. The maximum Gasteiger partial charge on any atom is 0.0867 e. The number of benzene rings is 2. The summed E-state index contributed by atoms with van der Waals surface area (Å²) in [4.78, 5) is 4.68. The van der Waals surface area contributed by atoms with Gasteiger partial charge in [-0.3, -0.25) is 4.99 Å². The van der Waals surface area contributed by atoms with Crippen LogP contribution in [0.5, 0.6) is 0 Å². The van der Waals surface area contributed by atoms with E-state index in [0.717, 1.165) is 22.8 Å². The van der Waals surface area contributed by atoms with Crippen LogP contribution in [0, 0.1) is 6.92 Å². The topological polar surface area (TPSA) is 24.4 Å². The Kier molecular flexibility index (Phi) is 2.22. The molecule has 0 saturated heterocycles. The average molecular weight is 222 g/mol. The number of aliphatic imine (C=N–C) groups is 1. The molecule has 0 radical (unpaired) electrons. The highest BCUT2D eigenvalue weighted by molar-refractivity contribution is 6.07. The van der Waals surface area contributed by atoms with E-state index < -0.39 is 0 Å². The van der Waals surface area contributed by atoms with Crippen LogP contribution in [0.3, 0.4) is 0 Å². The predicted molar refractivity (Wildman–Crippen MR) is 72.8 cm³/mol. The molecule has 3 rings (SSSR count). The van der Waals surface area contributed by atoms with Crippen LogP contribution >= 0.6 is 0 Å². The van der Waals surface area contributed by atoms with Crippen LogP contribution in [0.15, 0.2) is 47.5 Å². The molecule has 0 aliphatic carbocycles. The first kappa shape index (κ1) is 10.1. The van der Waals surface area contributed by atoms with Crippen molar-refractivity contribution >= 4 is 22.8 Å². The van der Waals surface area contributed by atoms with Gasteiger partial charge in [0.05, 0.1) is 11.4 Å². The minimum atomic E-state index is 0.999. The number of fused-ring (bicyclic) bond motifs is 2. The fourth-order valence-electron chi connectivity index (χ4n) is 2.13. The van der Waals surface area contributed by atoms with Crippen molar-refractivity contribution < 1.29 is 0 Å². The number of nitrogens with zero attached hydrogens (tertiary/aromatic N) is 1. The number of rotatable bonds is 0. The molecule has 2 aromatic carbocycles. The second kappa shape index (κ2) is 3.74. The SMILES string of the molecule is CC1=Nc2ccccc2Nc2ccc(C)cc21. The Morgan fingerprint density at radius 3 is 2.65 bits per heavy atom. The molecular formula is C15H14N2. The summed E-state index contributed by atoms with van der Waals surface area (Å²) in [7, 11) is 0. The van der Waals surface area contributed by atoms with E-state index in [1.807, 2.05) is 18.2 Å². The summed E-state index contributed by atoms with van der Waals surface area (Å²) >= 11 is 0. The van der Waals surface area contributed by atoms with E-state index in [2.05, 4.69) is 48.4 Å². The smallest absolute Gasteiger partial charge is 0.0867 e. The molecule has 0 bridgehead atoms. The Bertz CT molecular complexity index is 612. The zero-order chi connectivity index (χ0) is 11.8. The van der Waals surface area contributed by atoms with Crippen molar-refractivity contribution in [2.45, 2.75) is 13.8 Å². The third-order valence-electron chi connectivity index (χ3n) is 3.03. The van der Waals surface area contributed by atoms with Gasteiger partial charge in [0.25, 0.3) is 0 Å². The predicted octanol–water partition coefficient (Wildman–Crippen LogP) is 4.19. The van der Waals surface area contributed by atoms with Crippen molar-refractivity contribution in [1.29, 1.82) is 0 Å². The molecule has 2 heteroatoms. The van der Waals surface area contributed by atoms with Gasteiger partial charge in [0.2, 0.25) is 0 Å². The van der Waals surface area contributed by atoms with Crippen LogP contribution in [0.4, 0.5) is 17.1 Å². The van der Waals surface area contributed by atoms with Crippen LogP contribution in [-0.4, -0.2) is 5.71 Å². The highest BCUT2D eigenvalue weighted by atomic mass is 14.9. The minimum Gasteiger partial charge on any atom is -0.353 e. The van der Waals surface area contributed by atoms with Gasteiger partial charge >= 0.3 is 0 Å². The highest BCUT2D eigenvalue weighted by Gasteiger charge is 2.12. The fraction of sp³-hybridized carbons (Fsp3) is 0.133. The van der Waals surface area contributed by atoms with Crippen LogP contribution in [0.25, 0.3) is 0 Å². The van der Waals surface area contributed by atoms with Gasteiger partial charge in [0.15, 0.2) is 0 Å². The number of aryl methyl sites for hydroxylation is 1. The number of nitrogens with one attached hydrogen (secondary N) is 1. The highest BCUT2D eigenvalue weighted by Crippen LogP contribution is 2.33. The molecule has 0 amide bonds. The molecule has 1 N–H and O–H groups in total. The van der Waals surface area contributed by atoms with Gasteiger partial charge in [-0.25, -0.2) is 0 Å². The summed E-state index contributed by atoms with van der Waals surface area (Å²) in [5.74, 6) is 0. The van der Waals surface area contributed by atoms with Crippen LogP contribution < -0.4 is 5.32 Å². The second-order valence-corrected chi connectivity index (χ2v) is 4.39. The van der Waals surface area contributed by atoms with E-state index >= 15 is 0 Å². The number of anilines is 2. The van der Waals surface area contributed by atoms with Gasteiger partial charge in [-0.05, 0) is 38.1 Å². The average Bonchev–Trinajstić information content (AvgIpc) is 2.46. The lowest BCUT2D eigenvalue weighted by molar-refractivity contribution is 1.44. The van der Waals surface area contributed by atoms with Crippen molar-refractivity contribution in [2.75, 3.05) is 5.32 Å². The Morgan fingerprint density at radius 2 is 1.76 bits per heavy atom. The molecule has 0 spiro atoms. The standard InChI is InChI=1S/C15H14N2/c1-10-7-8-13-12(9-10)11(2)16-14-5-3-4-6-15(14)17-13/h3-9,17H,1-2H3. The first-order valence-electron chi connectivity index (χ1n) is 5.76. The molecule has 1 aliphatic heterocycles. The van der Waals surface area contributed by atoms with Crippen molar-refractivity contribution in [3.63, 3.8) is 0 Å². The van der Waals surface area contributed by atoms with Crippen LogP contribution in [-0.2, 0) is 0 Å². The van der Waals surface area contributed by atoms with E-state index in [9.17, 15) is 0 Å². The molecule has 1 aliphatic rings. The number of hydrogen-bond donors (Lipinski definition) is 1. The molecule has 2 nitrogen and oxygen atoms in total. The first-order valence-corrected chi connectivity index (χ1v) is 5.76. The lowest BCUT2D eigenvalue weighted by Gasteiger charge is -2.09. The van der Waals surface area contributed by atoms with Gasteiger partial charge in [0, 0.05) is 17.0 Å². The third-order valence-corrected chi connectivity index (χ3v) is 3.03. The van der Waals surface area contributed by atoms with Crippen LogP contribution in [0.1, 0.15) is 18.1 Å². The minimum absolute atomic E-state index is 0.999. The van der Waals surface area contributed by atoms with Crippen molar-refractivity contribution in [3.05, 3.63) is 53.6 Å². The van der Waals surface area contributed by atoms with E-state index in [4.69, 9.17) is 0 Å². The Balaban J connectivity index is 2.24. The molecule has 0 fully saturated rings. The summed E-state index contributed by atoms with van der Waals surface area (Å²) in [5.41, 5.74) is 6.68. The second-order valence-electron chi connectivity index (χ2n) is 4.39. The molecule has 0 saturated carbocycles. The molecule has 1 heterocycles. The fourth-order valence-corrected chi connectivity index (χ4v) is 2.13.